The second kappa shape index (κ2) is 13.8. The van der Waals surface area contributed by atoms with Gasteiger partial charge in [-0.05, 0) is 68.3 Å². The van der Waals surface area contributed by atoms with Gasteiger partial charge in [0.1, 0.15) is 0 Å². The molecular formula is C27H45BrN2O. The Balaban J connectivity index is 1.30. The lowest BCUT2D eigenvalue weighted by atomic mass is 9.74. The lowest BCUT2D eigenvalue weighted by Crippen LogP contribution is -2.25. The van der Waals surface area contributed by atoms with Crippen LogP contribution in [0.2, 0.25) is 0 Å². The van der Waals surface area contributed by atoms with E-state index in [0.29, 0.717) is 5.88 Å². The summed E-state index contributed by atoms with van der Waals surface area (Å²) < 4.78 is 5.62. The highest BCUT2D eigenvalue weighted by atomic mass is 79.9. The maximum absolute atomic E-state index is 5.62. The third-order valence-corrected chi connectivity index (χ3v) is 9.00. The average molecular weight is 494 g/mol. The monoisotopic (exact) mass is 492 g/mol. The molecule has 0 aliphatic heterocycles. The van der Waals surface area contributed by atoms with Gasteiger partial charge in [0.25, 0.3) is 0 Å². The Kier molecular flexibility index (Phi) is 11.1. The quantitative estimate of drug-likeness (QED) is 0.218. The fourth-order valence-corrected chi connectivity index (χ4v) is 6.80. The van der Waals surface area contributed by atoms with Gasteiger partial charge in [0.2, 0.25) is 5.88 Å². The van der Waals surface area contributed by atoms with E-state index in [0.717, 1.165) is 60.1 Å². The first-order valence-electron chi connectivity index (χ1n) is 13.3. The normalized spacial score (nSPS) is 27.7. The first kappa shape index (κ1) is 25.0. The number of hydrogen-bond acceptors (Lipinski definition) is 3. The van der Waals surface area contributed by atoms with Gasteiger partial charge in [0.15, 0.2) is 0 Å². The topological polar surface area (TPSA) is 35.0 Å². The summed E-state index contributed by atoms with van der Waals surface area (Å²) in [5.41, 5.74) is 1.11. The number of unbranched alkanes of at least 4 members (excludes halogenated alkanes) is 1. The van der Waals surface area contributed by atoms with Crippen LogP contribution in [0.3, 0.4) is 0 Å². The van der Waals surface area contributed by atoms with Gasteiger partial charge < -0.3 is 4.74 Å². The minimum atomic E-state index is 0.667. The molecule has 2 fully saturated rings. The second-order valence-corrected chi connectivity index (χ2v) is 11.5. The van der Waals surface area contributed by atoms with Crippen LogP contribution < -0.4 is 4.74 Å². The predicted octanol–water partition coefficient (Wildman–Crippen LogP) is 8.15. The van der Waals surface area contributed by atoms with Crippen molar-refractivity contribution in [2.24, 2.45) is 23.7 Å². The highest BCUT2D eigenvalue weighted by Gasteiger charge is 2.29. The summed E-state index contributed by atoms with van der Waals surface area (Å²) in [5, 5.41) is 8.62. The molecule has 1 aromatic heterocycles. The number of nitrogens with zero attached hydrogens (tertiary/aromatic N) is 2. The molecule has 2 aliphatic carbocycles. The van der Waals surface area contributed by atoms with Crippen LogP contribution in [0.1, 0.15) is 109 Å². The van der Waals surface area contributed by atoms with E-state index in [4.69, 9.17) is 4.74 Å². The van der Waals surface area contributed by atoms with Gasteiger partial charge in [-0.3, -0.25) is 0 Å². The van der Waals surface area contributed by atoms with E-state index in [1.807, 2.05) is 6.07 Å². The standard InChI is InChI=1S/C27H45BrN2O/c1-3-5-19-31-27-18-17-25(29-30-27)16-13-22-7-9-23(10-8-22)20-26(28)24-14-11-21(6-4-2)12-15-24/h17-18,21-24,26H,3-16,19-20H2,1-2H3. The van der Waals surface area contributed by atoms with E-state index in [2.05, 4.69) is 46.0 Å². The fraction of sp³-hybridized carbons (Fsp3) is 0.852. The smallest absolute Gasteiger partial charge is 0.233 e. The number of halogens is 1. The van der Waals surface area contributed by atoms with Crippen molar-refractivity contribution in [3.63, 3.8) is 0 Å². The molecule has 2 aliphatic rings. The zero-order valence-electron chi connectivity index (χ0n) is 20.0. The Morgan fingerprint density at radius 1 is 0.871 bits per heavy atom. The molecule has 0 bridgehead atoms. The first-order valence-corrected chi connectivity index (χ1v) is 14.2. The van der Waals surface area contributed by atoms with Gasteiger partial charge in [0.05, 0.1) is 12.3 Å². The molecule has 3 rings (SSSR count). The van der Waals surface area contributed by atoms with Crippen LogP contribution in [0.5, 0.6) is 5.88 Å². The Morgan fingerprint density at radius 3 is 2.19 bits per heavy atom. The molecular weight excluding hydrogens is 448 g/mol. The summed E-state index contributed by atoms with van der Waals surface area (Å²) >= 11 is 4.11. The molecule has 0 aromatic carbocycles. The number of hydrogen-bond donors (Lipinski definition) is 0. The predicted molar refractivity (Wildman–Crippen MR) is 134 cm³/mol. The zero-order chi connectivity index (χ0) is 21.9. The summed E-state index contributed by atoms with van der Waals surface area (Å²) in [6, 6.07) is 4.09. The summed E-state index contributed by atoms with van der Waals surface area (Å²) in [6.45, 7) is 5.25. The highest BCUT2D eigenvalue weighted by molar-refractivity contribution is 9.09. The zero-order valence-corrected chi connectivity index (χ0v) is 21.6. The van der Waals surface area contributed by atoms with Gasteiger partial charge in [-0.15, -0.1) is 5.10 Å². The van der Waals surface area contributed by atoms with Crippen LogP contribution in [0, 0.1) is 23.7 Å². The van der Waals surface area contributed by atoms with Gasteiger partial charge >= 0.3 is 0 Å². The third-order valence-electron chi connectivity index (χ3n) is 7.88. The molecule has 31 heavy (non-hydrogen) atoms. The third kappa shape index (κ3) is 8.67. The van der Waals surface area contributed by atoms with Crippen LogP contribution >= 0.6 is 15.9 Å². The molecule has 0 N–H and O–H groups in total. The lowest BCUT2D eigenvalue weighted by molar-refractivity contribution is 0.216. The van der Waals surface area contributed by atoms with E-state index in [1.165, 1.54) is 77.0 Å². The van der Waals surface area contributed by atoms with Crippen molar-refractivity contribution in [3.8, 4) is 5.88 Å². The van der Waals surface area contributed by atoms with Crippen LogP contribution in [0.15, 0.2) is 12.1 Å². The average Bonchev–Trinajstić information content (AvgIpc) is 2.80. The maximum atomic E-state index is 5.62. The molecule has 1 unspecified atom stereocenters. The van der Waals surface area contributed by atoms with Crippen LogP contribution in [-0.4, -0.2) is 21.6 Å². The number of aryl methyl sites for hydroxylation is 1. The van der Waals surface area contributed by atoms with Gasteiger partial charge in [-0.2, -0.15) is 5.10 Å². The van der Waals surface area contributed by atoms with Crippen molar-refractivity contribution in [2.45, 2.75) is 115 Å². The highest BCUT2D eigenvalue weighted by Crippen LogP contribution is 2.41. The molecule has 3 nitrogen and oxygen atoms in total. The van der Waals surface area contributed by atoms with Gasteiger partial charge in [-0.1, -0.05) is 87.6 Å². The van der Waals surface area contributed by atoms with Crippen molar-refractivity contribution < 1.29 is 4.74 Å². The van der Waals surface area contributed by atoms with Crippen molar-refractivity contribution in [1.29, 1.82) is 0 Å². The molecule has 1 atom stereocenters. The summed E-state index contributed by atoms with van der Waals surface area (Å²) in [4.78, 5) is 0.755. The number of alkyl halides is 1. The summed E-state index contributed by atoms with van der Waals surface area (Å²) in [7, 11) is 0. The van der Waals surface area contributed by atoms with Crippen LogP contribution in [0.25, 0.3) is 0 Å². The Bertz CT molecular complexity index is 592. The molecule has 0 radical (unpaired) electrons. The minimum absolute atomic E-state index is 0.667. The second-order valence-electron chi connectivity index (χ2n) is 10.3. The number of aromatic nitrogens is 2. The molecule has 0 spiro atoms. The SMILES string of the molecule is CCCCOc1ccc(CCC2CCC(CC(Br)C3CCC(CCC)CC3)CC2)nn1. The van der Waals surface area contributed by atoms with E-state index in [1.54, 1.807) is 0 Å². The lowest BCUT2D eigenvalue weighted by Gasteiger charge is -2.35. The first-order chi connectivity index (χ1) is 15.2. The largest absolute Gasteiger partial charge is 0.477 e. The van der Waals surface area contributed by atoms with E-state index in [9.17, 15) is 0 Å². The summed E-state index contributed by atoms with van der Waals surface area (Å²) in [6.07, 6.45) is 20.3. The maximum Gasteiger partial charge on any atom is 0.233 e. The molecule has 176 valence electrons. The molecule has 4 heteroatoms. The number of rotatable bonds is 12. The van der Waals surface area contributed by atoms with Gasteiger partial charge in [0, 0.05) is 10.9 Å². The molecule has 0 saturated heterocycles. The molecule has 1 aromatic rings. The van der Waals surface area contributed by atoms with E-state index >= 15 is 0 Å². The van der Waals surface area contributed by atoms with Crippen molar-refractivity contribution >= 4 is 15.9 Å². The summed E-state index contributed by atoms with van der Waals surface area (Å²) in [5.74, 6) is 4.43. The number of ether oxygens (including phenoxy) is 1. The van der Waals surface area contributed by atoms with E-state index in [-0.39, 0.29) is 0 Å². The Hall–Kier alpha value is -0.640. The van der Waals surface area contributed by atoms with Crippen LogP contribution in [0.4, 0.5) is 0 Å². The molecule has 2 saturated carbocycles. The van der Waals surface area contributed by atoms with Crippen molar-refractivity contribution in [3.05, 3.63) is 17.8 Å². The Morgan fingerprint density at radius 2 is 1.55 bits per heavy atom. The van der Waals surface area contributed by atoms with Gasteiger partial charge in [-0.25, -0.2) is 0 Å². The Labute approximate surface area is 199 Å². The van der Waals surface area contributed by atoms with Crippen LogP contribution in [-0.2, 0) is 6.42 Å². The minimum Gasteiger partial charge on any atom is -0.477 e. The molecule has 1 heterocycles. The van der Waals surface area contributed by atoms with E-state index < -0.39 is 0 Å². The fourth-order valence-electron chi connectivity index (χ4n) is 5.74. The van der Waals surface area contributed by atoms with Crippen molar-refractivity contribution in [1.82, 2.24) is 10.2 Å². The molecule has 0 amide bonds. The van der Waals surface area contributed by atoms with Crippen molar-refractivity contribution in [2.75, 3.05) is 6.61 Å².